The van der Waals surface area contributed by atoms with Crippen LogP contribution in [0.2, 0.25) is 0 Å². The van der Waals surface area contributed by atoms with Crippen molar-refractivity contribution < 1.29 is 14.2 Å². The summed E-state index contributed by atoms with van der Waals surface area (Å²) in [6, 6.07) is 12.4. The van der Waals surface area contributed by atoms with Gasteiger partial charge in [-0.05, 0) is 24.3 Å². The Hall–Kier alpha value is -1.47. The van der Waals surface area contributed by atoms with Crippen molar-refractivity contribution in [3.8, 4) is 5.75 Å². The van der Waals surface area contributed by atoms with Crippen molar-refractivity contribution in [1.29, 1.82) is 0 Å². The van der Waals surface area contributed by atoms with E-state index in [4.69, 9.17) is 9.84 Å². The average molecular weight is 397 g/mol. The second-order valence-corrected chi connectivity index (χ2v) is 6.20. The predicted molar refractivity (Wildman–Crippen MR) is 96.5 cm³/mol. The summed E-state index contributed by atoms with van der Waals surface area (Å²) in [7, 11) is 0. The minimum absolute atomic E-state index is 0.139. The van der Waals surface area contributed by atoms with E-state index in [1.165, 1.54) is 6.07 Å². The zero-order valence-electron chi connectivity index (χ0n) is 13.4. The van der Waals surface area contributed by atoms with E-state index in [1.54, 1.807) is 18.2 Å². The number of hydrogen-bond acceptors (Lipinski definition) is 4. The van der Waals surface area contributed by atoms with Gasteiger partial charge < -0.3 is 20.5 Å². The first-order valence-corrected chi connectivity index (χ1v) is 8.67. The molecule has 4 nitrogen and oxygen atoms in total. The van der Waals surface area contributed by atoms with Crippen LogP contribution in [0.3, 0.4) is 0 Å². The maximum atomic E-state index is 13.7. The van der Waals surface area contributed by atoms with Crippen molar-refractivity contribution in [3.05, 3.63) is 63.9 Å². The SMILES string of the molecule is OCCNCCNCc1cc(Br)ccc1OCc1ccccc1F. The molecule has 2 rings (SSSR count). The Balaban J connectivity index is 1.91. The van der Waals surface area contributed by atoms with Crippen molar-refractivity contribution in [2.24, 2.45) is 0 Å². The quantitative estimate of drug-likeness (QED) is 0.540. The number of benzene rings is 2. The number of hydrogen-bond donors (Lipinski definition) is 3. The first-order chi connectivity index (χ1) is 11.7. The standard InChI is InChI=1S/C18H22BrFN2O2/c19-16-5-6-18(24-13-14-3-1-2-4-17(14)20)15(11-16)12-22-8-7-21-9-10-23/h1-6,11,21-23H,7-10,12-13H2. The molecule has 6 heteroatoms. The second kappa shape index (κ2) is 10.4. The van der Waals surface area contributed by atoms with Gasteiger partial charge in [0.1, 0.15) is 18.2 Å². The Labute approximate surface area is 150 Å². The molecular weight excluding hydrogens is 375 g/mol. The Morgan fingerprint density at radius 1 is 1.00 bits per heavy atom. The van der Waals surface area contributed by atoms with E-state index >= 15 is 0 Å². The summed E-state index contributed by atoms with van der Waals surface area (Å²) in [5, 5.41) is 15.1. The molecule has 0 amide bonds. The highest BCUT2D eigenvalue weighted by molar-refractivity contribution is 9.10. The van der Waals surface area contributed by atoms with E-state index in [2.05, 4.69) is 26.6 Å². The molecule has 2 aromatic rings. The fourth-order valence-corrected chi connectivity index (χ4v) is 2.61. The van der Waals surface area contributed by atoms with Crippen LogP contribution < -0.4 is 15.4 Å². The van der Waals surface area contributed by atoms with Crippen LogP contribution in [0.4, 0.5) is 4.39 Å². The molecule has 0 aliphatic heterocycles. The fourth-order valence-electron chi connectivity index (χ4n) is 2.20. The molecule has 0 saturated heterocycles. The lowest BCUT2D eigenvalue weighted by Crippen LogP contribution is -2.28. The van der Waals surface area contributed by atoms with E-state index in [0.717, 1.165) is 28.9 Å². The van der Waals surface area contributed by atoms with Crippen LogP contribution in [0.25, 0.3) is 0 Å². The molecule has 0 spiro atoms. The van der Waals surface area contributed by atoms with Crippen molar-refractivity contribution in [1.82, 2.24) is 10.6 Å². The Morgan fingerprint density at radius 2 is 1.79 bits per heavy atom. The van der Waals surface area contributed by atoms with Crippen LogP contribution in [0.5, 0.6) is 5.75 Å². The third kappa shape index (κ3) is 6.20. The summed E-state index contributed by atoms with van der Waals surface area (Å²) in [6.07, 6.45) is 0. The third-order valence-corrected chi connectivity index (χ3v) is 3.94. The van der Waals surface area contributed by atoms with Crippen molar-refractivity contribution in [3.63, 3.8) is 0 Å². The minimum atomic E-state index is -0.260. The molecule has 0 aliphatic carbocycles. The summed E-state index contributed by atoms with van der Waals surface area (Å²) in [5.74, 6) is 0.474. The first-order valence-electron chi connectivity index (χ1n) is 7.87. The molecule has 0 fully saturated rings. The summed E-state index contributed by atoms with van der Waals surface area (Å²) in [6.45, 7) is 3.13. The molecule has 0 bridgehead atoms. The maximum absolute atomic E-state index is 13.7. The number of rotatable bonds is 10. The molecule has 0 saturated carbocycles. The molecule has 24 heavy (non-hydrogen) atoms. The Morgan fingerprint density at radius 3 is 2.58 bits per heavy atom. The van der Waals surface area contributed by atoms with Gasteiger partial charge in [-0.2, -0.15) is 0 Å². The molecule has 0 aliphatic rings. The van der Waals surface area contributed by atoms with Gasteiger partial charge in [-0.25, -0.2) is 4.39 Å². The largest absolute Gasteiger partial charge is 0.488 e. The molecule has 0 unspecified atom stereocenters. The third-order valence-electron chi connectivity index (χ3n) is 3.45. The highest BCUT2D eigenvalue weighted by Crippen LogP contribution is 2.24. The number of aliphatic hydroxyl groups excluding tert-OH is 1. The highest BCUT2D eigenvalue weighted by atomic mass is 79.9. The molecular formula is C18H22BrFN2O2. The fraction of sp³-hybridized carbons (Fsp3) is 0.333. The van der Waals surface area contributed by atoms with Gasteiger partial charge in [0, 0.05) is 41.8 Å². The average Bonchev–Trinajstić information content (AvgIpc) is 2.58. The molecule has 130 valence electrons. The van der Waals surface area contributed by atoms with Crippen LogP contribution in [-0.4, -0.2) is 31.3 Å². The van der Waals surface area contributed by atoms with Crippen LogP contribution in [-0.2, 0) is 13.2 Å². The van der Waals surface area contributed by atoms with Gasteiger partial charge in [0.05, 0.1) is 6.61 Å². The van der Waals surface area contributed by atoms with E-state index in [9.17, 15) is 4.39 Å². The Bertz CT molecular complexity index is 640. The normalized spacial score (nSPS) is 10.8. The highest BCUT2D eigenvalue weighted by Gasteiger charge is 2.07. The maximum Gasteiger partial charge on any atom is 0.129 e. The van der Waals surface area contributed by atoms with Crippen molar-refractivity contribution in [2.45, 2.75) is 13.2 Å². The monoisotopic (exact) mass is 396 g/mol. The van der Waals surface area contributed by atoms with E-state index in [0.29, 0.717) is 18.7 Å². The van der Waals surface area contributed by atoms with Gasteiger partial charge in [-0.3, -0.25) is 0 Å². The van der Waals surface area contributed by atoms with E-state index in [1.807, 2.05) is 18.2 Å². The summed E-state index contributed by atoms with van der Waals surface area (Å²) in [5.41, 5.74) is 1.54. The zero-order chi connectivity index (χ0) is 17.2. The summed E-state index contributed by atoms with van der Waals surface area (Å²) in [4.78, 5) is 0. The van der Waals surface area contributed by atoms with Crippen LogP contribution in [0.15, 0.2) is 46.9 Å². The van der Waals surface area contributed by atoms with Gasteiger partial charge in [0.15, 0.2) is 0 Å². The second-order valence-electron chi connectivity index (χ2n) is 5.28. The topological polar surface area (TPSA) is 53.5 Å². The van der Waals surface area contributed by atoms with Crippen LogP contribution >= 0.6 is 15.9 Å². The van der Waals surface area contributed by atoms with E-state index < -0.39 is 0 Å². The van der Waals surface area contributed by atoms with Gasteiger partial charge >= 0.3 is 0 Å². The lowest BCUT2D eigenvalue weighted by molar-refractivity contribution is 0.292. The molecule has 2 aromatic carbocycles. The van der Waals surface area contributed by atoms with E-state index in [-0.39, 0.29) is 19.0 Å². The first kappa shape index (κ1) is 18.9. The van der Waals surface area contributed by atoms with Crippen LogP contribution in [0, 0.1) is 5.82 Å². The number of ether oxygens (including phenoxy) is 1. The van der Waals surface area contributed by atoms with Crippen molar-refractivity contribution >= 4 is 15.9 Å². The zero-order valence-corrected chi connectivity index (χ0v) is 15.0. The van der Waals surface area contributed by atoms with Gasteiger partial charge in [0.2, 0.25) is 0 Å². The minimum Gasteiger partial charge on any atom is -0.488 e. The van der Waals surface area contributed by atoms with Crippen molar-refractivity contribution in [2.75, 3.05) is 26.2 Å². The smallest absolute Gasteiger partial charge is 0.129 e. The lowest BCUT2D eigenvalue weighted by atomic mass is 10.2. The summed E-state index contributed by atoms with van der Waals surface area (Å²) >= 11 is 3.46. The lowest BCUT2D eigenvalue weighted by Gasteiger charge is -2.13. The molecule has 0 radical (unpaired) electrons. The molecule has 3 N–H and O–H groups in total. The number of aliphatic hydroxyl groups is 1. The number of halogens is 2. The number of nitrogens with one attached hydrogen (secondary N) is 2. The van der Waals surface area contributed by atoms with Crippen LogP contribution in [0.1, 0.15) is 11.1 Å². The Kier molecular flexibility index (Phi) is 8.18. The molecule has 0 heterocycles. The van der Waals surface area contributed by atoms with Gasteiger partial charge in [-0.1, -0.05) is 34.1 Å². The van der Waals surface area contributed by atoms with Gasteiger partial charge in [0.25, 0.3) is 0 Å². The van der Waals surface area contributed by atoms with Gasteiger partial charge in [-0.15, -0.1) is 0 Å². The molecule has 0 atom stereocenters. The predicted octanol–water partition coefficient (Wildman–Crippen LogP) is 2.84. The molecule has 0 aromatic heterocycles. The summed E-state index contributed by atoms with van der Waals surface area (Å²) < 4.78 is 20.5.